The van der Waals surface area contributed by atoms with Crippen LogP contribution < -0.4 is 10.2 Å². The molecule has 102 valence electrons. The normalized spacial score (nSPS) is 11.5. The van der Waals surface area contributed by atoms with Crippen LogP contribution in [0, 0.1) is 13.8 Å². The van der Waals surface area contributed by atoms with Gasteiger partial charge in [0, 0.05) is 18.5 Å². The minimum Gasteiger partial charge on any atom is -0.465 e. The number of halogens is 1. The van der Waals surface area contributed by atoms with Crippen molar-refractivity contribution in [3.05, 3.63) is 44.7 Å². The summed E-state index contributed by atoms with van der Waals surface area (Å²) in [5, 5.41) is 0. The minimum absolute atomic E-state index is 0.0179. The van der Waals surface area contributed by atoms with Gasteiger partial charge in [0.2, 0.25) is 5.43 Å². The molecule has 2 aromatic heterocycles. The molecule has 0 fully saturated rings. The fourth-order valence-corrected chi connectivity index (χ4v) is 3.25. The van der Waals surface area contributed by atoms with E-state index in [1.54, 1.807) is 13.8 Å². The Morgan fingerprint density at radius 2 is 2.00 bits per heavy atom. The summed E-state index contributed by atoms with van der Waals surface area (Å²) >= 11 is 3.03. The molecule has 0 atom stereocenters. The lowest BCUT2D eigenvalue weighted by atomic mass is 10.4. The Morgan fingerprint density at radius 1 is 1.32 bits per heavy atom. The average Bonchev–Trinajstić information content (AvgIpc) is 2.65. The molecular weight excluding hydrogens is 336 g/mol. The number of aromatic nitrogens is 1. The first-order chi connectivity index (χ1) is 8.81. The van der Waals surface area contributed by atoms with E-state index in [4.69, 9.17) is 4.42 Å². The molecule has 2 aromatic rings. The van der Waals surface area contributed by atoms with Gasteiger partial charge in [-0.1, -0.05) is 0 Å². The topological polar surface area (TPSA) is 92.2 Å². The highest BCUT2D eigenvalue weighted by Gasteiger charge is 2.21. The van der Waals surface area contributed by atoms with Crippen LogP contribution in [-0.4, -0.2) is 13.4 Å². The highest BCUT2D eigenvalue weighted by atomic mass is 79.9. The molecule has 0 saturated carbocycles. The van der Waals surface area contributed by atoms with E-state index in [1.165, 1.54) is 18.5 Å². The van der Waals surface area contributed by atoms with Gasteiger partial charge in [-0.05, 0) is 29.8 Å². The van der Waals surface area contributed by atoms with E-state index in [0.717, 1.165) is 0 Å². The molecule has 0 saturated heterocycles. The van der Waals surface area contributed by atoms with Crippen molar-refractivity contribution < 1.29 is 12.8 Å². The lowest BCUT2D eigenvalue weighted by Gasteiger charge is -2.06. The van der Waals surface area contributed by atoms with Crippen molar-refractivity contribution >= 4 is 31.6 Å². The van der Waals surface area contributed by atoms with Crippen LogP contribution >= 0.6 is 15.9 Å². The third-order valence-electron chi connectivity index (χ3n) is 2.43. The molecule has 2 rings (SSSR count). The van der Waals surface area contributed by atoms with Gasteiger partial charge in [-0.25, -0.2) is 8.42 Å². The highest BCUT2D eigenvalue weighted by molar-refractivity contribution is 9.10. The second kappa shape index (κ2) is 4.86. The number of anilines is 1. The van der Waals surface area contributed by atoms with Gasteiger partial charge in [-0.15, -0.1) is 0 Å². The van der Waals surface area contributed by atoms with Gasteiger partial charge in [0.05, 0.1) is 4.47 Å². The summed E-state index contributed by atoms with van der Waals surface area (Å²) in [4.78, 5) is 14.4. The number of hydrogen-bond donors (Lipinski definition) is 2. The molecule has 0 bridgehead atoms. The van der Waals surface area contributed by atoms with Gasteiger partial charge >= 0.3 is 0 Å². The number of pyridine rings is 1. The van der Waals surface area contributed by atoms with Gasteiger partial charge in [0.15, 0.2) is 0 Å². The SMILES string of the molecule is Cc1cc(S(=O)(=O)Nc2c[nH]cc(Br)c2=O)c(C)o1. The van der Waals surface area contributed by atoms with Crippen molar-refractivity contribution in [2.24, 2.45) is 0 Å². The predicted molar refractivity (Wildman–Crippen MR) is 73.8 cm³/mol. The second-order valence-electron chi connectivity index (χ2n) is 3.93. The monoisotopic (exact) mass is 346 g/mol. The number of hydrogen-bond acceptors (Lipinski definition) is 4. The summed E-state index contributed by atoms with van der Waals surface area (Å²) < 4.78 is 32.0. The van der Waals surface area contributed by atoms with E-state index in [9.17, 15) is 13.2 Å². The van der Waals surface area contributed by atoms with Crippen LogP contribution in [0.3, 0.4) is 0 Å². The molecule has 0 aliphatic heterocycles. The van der Waals surface area contributed by atoms with Gasteiger partial charge < -0.3 is 9.40 Å². The maximum Gasteiger partial charge on any atom is 0.265 e. The van der Waals surface area contributed by atoms with Gasteiger partial charge in [0.25, 0.3) is 10.0 Å². The smallest absolute Gasteiger partial charge is 0.265 e. The Kier molecular flexibility index (Phi) is 3.55. The molecule has 0 aliphatic carbocycles. The zero-order valence-electron chi connectivity index (χ0n) is 10.2. The highest BCUT2D eigenvalue weighted by Crippen LogP contribution is 2.21. The van der Waals surface area contributed by atoms with Crippen LogP contribution in [0.15, 0.2) is 37.0 Å². The molecule has 0 unspecified atom stereocenters. The molecule has 2 heterocycles. The van der Waals surface area contributed by atoms with Crippen LogP contribution in [0.25, 0.3) is 0 Å². The number of aromatic amines is 1. The molecule has 8 heteroatoms. The first kappa shape index (κ1) is 13.9. The standard InChI is InChI=1S/C11H11BrN2O4S/c1-6-3-10(7(2)18-6)19(16,17)14-9-5-13-4-8(12)11(9)15/h3-5,14H,1-2H3,(H,13,15). The van der Waals surface area contributed by atoms with Crippen molar-refractivity contribution in [2.75, 3.05) is 4.72 Å². The Bertz CT molecular complexity index is 776. The van der Waals surface area contributed by atoms with Crippen molar-refractivity contribution in [1.29, 1.82) is 0 Å². The number of H-pyrrole nitrogens is 1. The van der Waals surface area contributed by atoms with Crippen LogP contribution in [0.2, 0.25) is 0 Å². The fraction of sp³-hybridized carbons (Fsp3) is 0.182. The van der Waals surface area contributed by atoms with Crippen LogP contribution in [0.4, 0.5) is 5.69 Å². The number of sulfonamides is 1. The van der Waals surface area contributed by atoms with Crippen LogP contribution in [0.1, 0.15) is 11.5 Å². The van der Waals surface area contributed by atoms with Crippen molar-refractivity contribution in [3.8, 4) is 0 Å². The van der Waals surface area contributed by atoms with E-state index >= 15 is 0 Å². The molecule has 19 heavy (non-hydrogen) atoms. The Labute approximate surface area is 118 Å². The summed E-state index contributed by atoms with van der Waals surface area (Å²) in [7, 11) is -3.85. The van der Waals surface area contributed by atoms with Gasteiger partial charge in [-0.2, -0.15) is 0 Å². The summed E-state index contributed by atoms with van der Waals surface area (Å²) in [5.41, 5.74) is -0.507. The zero-order chi connectivity index (χ0) is 14.2. The molecule has 6 nitrogen and oxygen atoms in total. The molecule has 0 amide bonds. The molecule has 0 aromatic carbocycles. The molecule has 0 spiro atoms. The Hall–Kier alpha value is -1.54. The Balaban J connectivity index is 2.45. The molecule has 2 N–H and O–H groups in total. The van der Waals surface area contributed by atoms with Crippen LogP contribution in [-0.2, 0) is 10.0 Å². The van der Waals surface area contributed by atoms with Crippen molar-refractivity contribution in [1.82, 2.24) is 4.98 Å². The van der Waals surface area contributed by atoms with Gasteiger partial charge in [0.1, 0.15) is 22.1 Å². The largest absolute Gasteiger partial charge is 0.465 e. The van der Waals surface area contributed by atoms with E-state index in [1.807, 2.05) is 0 Å². The minimum atomic E-state index is -3.85. The summed E-state index contributed by atoms with van der Waals surface area (Å²) in [6.07, 6.45) is 2.71. The van der Waals surface area contributed by atoms with Crippen LogP contribution in [0.5, 0.6) is 0 Å². The van der Waals surface area contributed by atoms with E-state index in [0.29, 0.717) is 5.76 Å². The van der Waals surface area contributed by atoms with E-state index < -0.39 is 15.5 Å². The Morgan fingerprint density at radius 3 is 2.58 bits per heavy atom. The second-order valence-corrected chi connectivity index (χ2v) is 6.43. The number of nitrogens with one attached hydrogen (secondary N) is 2. The van der Waals surface area contributed by atoms with E-state index in [-0.39, 0.29) is 20.8 Å². The molecule has 0 radical (unpaired) electrons. The summed E-state index contributed by atoms with van der Waals surface area (Å²) in [6, 6.07) is 1.41. The van der Waals surface area contributed by atoms with E-state index in [2.05, 4.69) is 25.6 Å². The average molecular weight is 347 g/mol. The maximum absolute atomic E-state index is 12.2. The first-order valence-electron chi connectivity index (χ1n) is 5.27. The molecular formula is C11H11BrN2O4S. The quantitative estimate of drug-likeness (QED) is 0.890. The third-order valence-corrected chi connectivity index (χ3v) is 4.49. The fourth-order valence-electron chi connectivity index (χ4n) is 1.61. The predicted octanol–water partition coefficient (Wildman–Crippen LogP) is 2.15. The maximum atomic E-state index is 12.2. The molecule has 0 aliphatic rings. The lowest BCUT2D eigenvalue weighted by Crippen LogP contribution is -2.19. The number of aryl methyl sites for hydroxylation is 2. The lowest BCUT2D eigenvalue weighted by molar-refractivity contribution is 0.496. The zero-order valence-corrected chi connectivity index (χ0v) is 12.6. The summed E-state index contributed by atoms with van der Waals surface area (Å²) in [6.45, 7) is 3.20. The summed E-state index contributed by atoms with van der Waals surface area (Å²) in [5.74, 6) is 0.762. The number of rotatable bonds is 3. The van der Waals surface area contributed by atoms with Crippen molar-refractivity contribution in [3.63, 3.8) is 0 Å². The first-order valence-corrected chi connectivity index (χ1v) is 7.55. The van der Waals surface area contributed by atoms with Crippen molar-refractivity contribution in [2.45, 2.75) is 18.7 Å². The third kappa shape index (κ3) is 2.74. The number of furan rings is 1. The van der Waals surface area contributed by atoms with Gasteiger partial charge in [-0.3, -0.25) is 9.52 Å².